The molecule has 42 heavy (non-hydrogen) atoms. The van der Waals surface area contributed by atoms with Gasteiger partial charge in [0.15, 0.2) is 23.1 Å². The molecule has 0 spiro atoms. The standard InChI is InChI=1S/C33H28BrNO7/c1-42-28-14-18(5-11-26(28)37)4-8-21-20-9-10-22-30(23(20)15-24-29(21)27(38)16-25(34)31(24)39)33(41)35(32(22)40)13-12-17-2-6-19(36)7-3-17/h2-9,11,14,16,21-23,30,36-37H,10,12-13,15H2,1H3. The number of allylic oxidation sites excluding steroid dienone is 7. The SMILES string of the molecule is COc1cc(C=CC2C3=CCC4C(=O)N(CCc5ccc(O)cc5)C(=O)C4C3CC3=C2C(=O)C=C(Br)C3=O)ccc1O. The number of carbonyl (C=O) groups is 4. The minimum atomic E-state index is -0.622. The fourth-order valence-electron chi connectivity index (χ4n) is 6.68. The molecule has 4 aliphatic rings. The van der Waals surface area contributed by atoms with E-state index in [9.17, 15) is 29.4 Å². The first-order valence-electron chi connectivity index (χ1n) is 13.8. The second kappa shape index (κ2) is 10.9. The Morgan fingerprint density at radius 1 is 1.02 bits per heavy atom. The number of amides is 2. The summed E-state index contributed by atoms with van der Waals surface area (Å²) in [6, 6.07) is 11.6. The normalized spacial score (nSPS) is 25.3. The number of Topliss-reactive ketones (excluding diaryl/α,β-unsaturated/α-hetero) is 1. The smallest absolute Gasteiger partial charge is 0.233 e. The van der Waals surface area contributed by atoms with Crippen LogP contribution in [0.5, 0.6) is 17.2 Å². The van der Waals surface area contributed by atoms with Crippen LogP contribution in [0.2, 0.25) is 0 Å². The molecule has 214 valence electrons. The van der Waals surface area contributed by atoms with Gasteiger partial charge in [0.05, 0.1) is 23.4 Å². The second-order valence-electron chi connectivity index (χ2n) is 11.0. The lowest BCUT2D eigenvalue weighted by Gasteiger charge is -2.41. The van der Waals surface area contributed by atoms with Gasteiger partial charge in [0.1, 0.15) is 5.75 Å². The van der Waals surface area contributed by atoms with Crippen LogP contribution in [0.25, 0.3) is 6.08 Å². The molecule has 2 N–H and O–H groups in total. The number of phenolic OH excluding ortho intramolecular Hbond substituents is 2. The molecule has 4 atom stereocenters. The van der Waals surface area contributed by atoms with Gasteiger partial charge in [-0.15, -0.1) is 0 Å². The molecule has 2 amide bonds. The van der Waals surface area contributed by atoms with Crippen molar-refractivity contribution in [3.8, 4) is 17.2 Å². The van der Waals surface area contributed by atoms with Crippen molar-refractivity contribution >= 4 is 45.4 Å². The van der Waals surface area contributed by atoms with Crippen molar-refractivity contribution in [2.24, 2.45) is 23.7 Å². The molecule has 6 rings (SSSR count). The second-order valence-corrected chi connectivity index (χ2v) is 11.8. The van der Waals surface area contributed by atoms with Gasteiger partial charge in [-0.2, -0.15) is 0 Å². The number of ether oxygens (including phenoxy) is 1. The molecule has 1 fully saturated rings. The van der Waals surface area contributed by atoms with Crippen LogP contribution in [0, 0.1) is 23.7 Å². The molecule has 0 aromatic heterocycles. The number of likely N-dealkylation sites (tertiary alicyclic amines) is 1. The highest BCUT2D eigenvalue weighted by atomic mass is 79.9. The van der Waals surface area contributed by atoms with E-state index >= 15 is 0 Å². The van der Waals surface area contributed by atoms with Gasteiger partial charge in [-0.3, -0.25) is 24.1 Å². The number of aromatic hydroxyl groups is 2. The first-order chi connectivity index (χ1) is 20.2. The number of hydrogen-bond donors (Lipinski definition) is 2. The number of halogens is 1. The zero-order chi connectivity index (χ0) is 29.7. The summed E-state index contributed by atoms with van der Waals surface area (Å²) in [6.07, 6.45) is 7.97. The Bertz CT molecular complexity index is 1650. The van der Waals surface area contributed by atoms with E-state index in [1.165, 1.54) is 24.2 Å². The summed E-state index contributed by atoms with van der Waals surface area (Å²) >= 11 is 3.24. The minimum Gasteiger partial charge on any atom is -0.508 e. The van der Waals surface area contributed by atoms with E-state index in [2.05, 4.69) is 15.9 Å². The molecule has 3 aliphatic carbocycles. The average Bonchev–Trinajstić information content (AvgIpc) is 3.23. The Kier molecular flexibility index (Phi) is 7.22. The quantitative estimate of drug-likeness (QED) is 0.271. The van der Waals surface area contributed by atoms with Gasteiger partial charge in [-0.1, -0.05) is 42.0 Å². The van der Waals surface area contributed by atoms with Crippen molar-refractivity contribution in [3.05, 3.63) is 93.0 Å². The van der Waals surface area contributed by atoms with Gasteiger partial charge in [0.2, 0.25) is 11.8 Å². The molecule has 8 nitrogen and oxygen atoms in total. The summed E-state index contributed by atoms with van der Waals surface area (Å²) in [5, 5.41) is 19.5. The largest absolute Gasteiger partial charge is 0.508 e. The highest BCUT2D eigenvalue weighted by molar-refractivity contribution is 9.12. The fraction of sp³-hybridized carbons (Fsp3) is 0.273. The number of methoxy groups -OCH3 is 1. The number of benzene rings is 2. The number of hydrogen-bond acceptors (Lipinski definition) is 7. The van der Waals surface area contributed by atoms with E-state index in [4.69, 9.17) is 4.74 Å². The molecule has 2 aromatic rings. The minimum absolute atomic E-state index is 0.000765. The van der Waals surface area contributed by atoms with E-state index in [0.717, 1.165) is 16.7 Å². The Morgan fingerprint density at radius 2 is 1.79 bits per heavy atom. The van der Waals surface area contributed by atoms with E-state index in [0.29, 0.717) is 29.7 Å². The van der Waals surface area contributed by atoms with Crippen molar-refractivity contribution in [1.82, 2.24) is 4.90 Å². The number of fused-ring (bicyclic) bond motifs is 3. The molecule has 1 heterocycles. The van der Waals surface area contributed by atoms with Gasteiger partial charge in [0, 0.05) is 29.7 Å². The lowest BCUT2D eigenvalue weighted by atomic mass is 9.61. The summed E-state index contributed by atoms with van der Waals surface area (Å²) in [5.41, 5.74) is 3.26. The van der Waals surface area contributed by atoms with Crippen LogP contribution in [0.3, 0.4) is 0 Å². The van der Waals surface area contributed by atoms with Crippen LogP contribution in [0.15, 0.2) is 81.9 Å². The highest BCUT2D eigenvalue weighted by Gasteiger charge is 2.55. The number of imide groups is 1. The number of ketones is 2. The maximum absolute atomic E-state index is 13.8. The van der Waals surface area contributed by atoms with Crippen molar-refractivity contribution in [1.29, 1.82) is 0 Å². The zero-order valence-electron chi connectivity index (χ0n) is 22.7. The molecular weight excluding hydrogens is 602 g/mol. The third-order valence-corrected chi connectivity index (χ3v) is 9.30. The van der Waals surface area contributed by atoms with Gasteiger partial charge < -0.3 is 14.9 Å². The molecule has 2 aromatic carbocycles. The topological polar surface area (TPSA) is 121 Å². The maximum Gasteiger partial charge on any atom is 0.233 e. The number of phenols is 2. The summed E-state index contributed by atoms with van der Waals surface area (Å²) in [7, 11) is 1.46. The molecule has 0 bridgehead atoms. The third kappa shape index (κ3) is 4.71. The lowest BCUT2D eigenvalue weighted by Crippen LogP contribution is -2.40. The van der Waals surface area contributed by atoms with Gasteiger partial charge in [-0.05, 0) is 76.5 Å². The van der Waals surface area contributed by atoms with E-state index in [1.807, 2.05) is 18.2 Å². The van der Waals surface area contributed by atoms with Gasteiger partial charge in [0.25, 0.3) is 0 Å². The summed E-state index contributed by atoms with van der Waals surface area (Å²) in [4.78, 5) is 55.2. The van der Waals surface area contributed by atoms with E-state index in [-0.39, 0.29) is 52.3 Å². The van der Waals surface area contributed by atoms with Gasteiger partial charge >= 0.3 is 0 Å². The lowest BCUT2D eigenvalue weighted by molar-refractivity contribution is -0.140. The molecule has 9 heteroatoms. The molecule has 0 radical (unpaired) electrons. The molecular formula is C33H28BrNO7. The van der Waals surface area contributed by atoms with Crippen molar-refractivity contribution in [3.63, 3.8) is 0 Å². The Balaban J connectivity index is 1.34. The Labute approximate surface area is 250 Å². The summed E-state index contributed by atoms with van der Waals surface area (Å²) in [5.74, 6) is -2.66. The molecule has 0 saturated carbocycles. The van der Waals surface area contributed by atoms with Crippen LogP contribution in [0.4, 0.5) is 0 Å². The first kappa shape index (κ1) is 27.9. The first-order valence-corrected chi connectivity index (χ1v) is 14.5. The fourth-order valence-corrected chi connectivity index (χ4v) is 7.13. The van der Waals surface area contributed by atoms with Gasteiger partial charge in [-0.25, -0.2) is 0 Å². The average molecular weight is 630 g/mol. The Hall–Kier alpha value is -4.24. The van der Waals surface area contributed by atoms with Crippen LogP contribution >= 0.6 is 15.9 Å². The Morgan fingerprint density at radius 3 is 2.52 bits per heavy atom. The number of rotatable bonds is 6. The van der Waals surface area contributed by atoms with Crippen LogP contribution < -0.4 is 4.74 Å². The van der Waals surface area contributed by atoms with Crippen LogP contribution in [0.1, 0.15) is 24.0 Å². The van der Waals surface area contributed by atoms with Crippen molar-refractivity contribution in [2.75, 3.05) is 13.7 Å². The summed E-state index contributed by atoms with van der Waals surface area (Å²) < 4.78 is 5.40. The third-order valence-electron chi connectivity index (χ3n) is 8.72. The van der Waals surface area contributed by atoms with E-state index < -0.39 is 23.7 Å². The zero-order valence-corrected chi connectivity index (χ0v) is 24.3. The maximum atomic E-state index is 13.8. The van der Waals surface area contributed by atoms with Crippen molar-refractivity contribution < 1.29 is 34.1 Å². The molecule has 1 saturated heterocycles. The molecule has 1 aliphatic heterocycles. The van der Waals surface area contributed by atoms with Crippen molar-refractivity contribution in [2.45, 2.75) is 19.3 Å². The predicted octanol–water partition coefficient (Wildman–Crippen LogP) is 4.66. The van der Waals surface area contributed by atoms with E-state index in [1.54, 1.807) is 36.4 Å². The number of nitrogens with zero attached hydrogens (tertiary/aromatic N) is 1. The van der Waals surface area contributed by atoms with Crippen LogP contribution in [-0.4, -0.2) is 52.1 Å². The molecule has 4 unspecified atom stereocenters. The monoisotopic (exact) mass is 629 g/mol. The van der Waals surface area contributed by atoms with Crippen LogP contribution in [-0.2, 0) is 25.6 Å². The summed E-state index contributed by atoms with van der Waals surface area (Å²) in [6.45, 7) is 0.225. The highest BCUT2D eigenvalue weighted by Crippen LogP contribution is 2.53. The number of carbonyl (C=O) groups excluding carboxylic acids is 4. The predicted molar refractivity (Wildman–Crippen MR) is 158 cm³/mol.